The third-order valence-corrected chi connectivity index (χ3v) is 3.40. The fraction of sp³-hybridized carbons (Fsp3) is 0.0667. The third-order valence-electron chi connectivity index (χ3n) is 3.08. The zero-order valence-corrected chi connectivity index (χ0v) is 10.9. The van der Waals surface area contributed by atoms with E-state index in [0.29, 0.717) is 10.7 Å². The van der Waals surface area contributed by atoms with Gasteiger partial charge in [-0.05, 0) is 18.2 Å². The SMILES string of the molecule is NC(c1ncccc1Cl)c1cccc2cccnc12. The van der Waals surface area contributed by atoms with E-state index in [-0.39, 0.29) is 6.04 Å². The number of nitrogens with zero attached hydrogens (tertiary/aromatic N) is 2. The van der Waals surface area contributed by atoms with Gasteiger partial charge in [0.15, 0.2) is 0 Å². The summed E-state index contributed by atoms with van der Waals surface area (Å²) in [7, 11) is 0. The van der Waals surface area contributed by atoms with E-state index in [9.17, 15) is 0 Å². The second kappa shape index (κ2) is 4.96. The van der Waals surface area contributed by atoms with Gasteiger partial charge in [-0.2, -0.15) is 0 Å². The van der Waals surface area contributed by atoms with Crippen molar-refractivity contribution in [1.29, 1.82) is 0 Å². The number of halogens is 1. The molecule has 3 rings (SSSR count). The summed E-state index contributed by atoms with van der Waals surface area (Å²) in [5.41, 5.74) is 8.78. The van der Waals surface area contributed by atoms with Crippen LogP contribution in [0, 0.1) is 0 Å². The van der Waals surface area contributed by atoms with Gasteiger partial charge in [-0.3, -0.25) is 9.97 Å². The van der Waals surface area contributed by atoms with Crippen molar-refractivity contribution in [2.75, 3.05) is 0 Å². The van der Waals surface area contributed by atoms with E-state index in [2.05, 4.69) is 9.97 Å². The molecule has 1 aromatic carbocycles. The minimum atomic E-state index is -0.382. The molecule has 1 atom stereocenters. The molecule has 3 nitrogen and oxygen atoms in total. The summed E-state index contributed by atoms with van der Waals surface area (Å²) in [6.07, 6.45) is 3.46. The Kier molecular flexibility index (Phi) is 3.15. The lowest BCUT2D eigenvalue weighted by Gasteiger charge is -2.14. The van der Waals surface area contributed by atoms with Crippen LogP contribution in [0.2, 0.25) is 5.02 Å². The Hall–Kier alpha value is -1.97. The quantitative estimate of drug-likeness (QED) is 0.776. The molecule has 94 valence electrons. The number of aromatic nitrogens is 2. The van der Waals surface area contributed by atoms with Crippen LogP contribution >= 0.6 is 11.6 Å². The fourth-order valence-corrected chi connectivity index (χ4v) is 2.39. The van der Waals surface area contributed by atoms with Gasteiger partial charge in [0.2, 0.25) is 0 Å². The van der Waals surface area contributed by atoms with Gasteiger partial charge in [0, 0.05) is 23.3 Å². The number of nitrogens with two attached hydrogens (primary N) is 1. The fourth-order valence-electron chi connectivity index (χ4n) is 2.15. The number of pyridine rings is 2. The summed E-state index contributed by atoms with van der Waals surface area (Å²) in [4.78, 5) is 8.68. The maximum atomic E-state index is 6.30. The van der Waals surface area contributed by atoms with Crippen LogP contribution in [-0.4, -0.2) is 9.97 Å². The minimum absolute atomic E-state index is 0.382. The van der Waals surface area contributed by atoms with Crippen molar-refractivity contribution in [2.24, 2.45) is 5.73 Å². The van der Waals surface area contributed by atoms with Gasteiger partial charge in [-0.25, -0.2) is 0 Å². The van der Waals surface area contributed by atoms with Crippen molar-refractivity contribution in [3.8, 4) is 0 Å². The highest BCUT2D eigenvalue weighted by Gasteiger charge is 2.16. The molecule has 1 unspecified atom stereocenters. The molecule has 19 heavy (non-hydrogen) atoms. The Morgan fingerprint density at radius 1 is 0.947 bits per heavy atom. The van der Waals surface area contributed by atoms with E-state index in [0.717, 1.165) is 16.5 Å². The van der Waals surface area contributed by atoms with Crippen LogP contribution in [0.15, 0.2) is 54.9 Å². The summed E-state index contributed by atoms with van der Waals surface area (Å²) in [6, 6.07) is 13.1. The average Bonchev–Trinajstić information content (AvgIpc) is 2.46. The number of fused-ring (bicyclic) bond motifs is 1. The van der Waals surface area contributed by atoms with Gasteiger partial charge in [0.25, 0.3) is 0 Å². The molecule has 0 fully saturated rings. The molecule has 0 aliphatic rings. The van der Waals surface area contributed by atoms with Crippen LogP contribution < -0.4 is 5.73 Å². The highest BCUT2D eigenvalue weighted by Crippen LogP contribution is 2.28. The van der Waals surface area contributed by atoms with E-state index < -0.39 is 0 Å². The number of para-hydroxylation sites is 1. The maximum absolute atomic E-state index is 6.30. The van der Waals surface area contributed by atoms with Gasteiger partial charge in [-0.15, -0.1) is 0 Å². The van der Waals surface area contributed by atoms with Crippen molar-refractivity contribution < 1.29 is 0 Å². The minimum Gasteiger partial charge on any atom is -0.319 e. The molecule has 0 radical (unpaired) electrons. The molecule has 2 N–H and O–H groups in total. The third kappa shape index (κ3) is 2.18. The van der Waals surface area contributed by atoms with Crippen LogP contribution in [0.3, 0.4) is 0 Å². The molecule has 2 heterocycles. The van der Waals surface area contributed by atoms with Crippen LogP contribution in [0.5, 0.6) is 0 Å². The second-order valence-corrected chi connectivity index (χ2v) is 4.68. The summed E-state index contributed by atoms with van der Waals surface area (Å²) >= 11 is 6.16. The largest absolute Gasteiger partial charge is 0.319 e. The molecule has 0 bridgehead atoms. The number of rotatable bonds is 2. The van der Waals surface area contributed by atoms with Crippen molar-refractivity contribution in [2.45, 2.75) is 6.04 Å². The number of hydrogen-bond acceptors (Lipinski definition) is 3. The van der Waals surface area contributed by atoms with E-state index in [1.807, 2.05) is 30.3 Å². The van der Waals surface area contributed by atoms with Crippen LogP contribution in [-0.2, 0) is 0 Å². The Bertz CT molecular complexity index is 722. The summed E-state index contributed by atoms with van der Waals surface area (Å²) in [5, 5.41) is 1.63. The van der Waals surface area contributed by atoms with E-state index in [4.69, 9.17) is 17.3 Å². The molecule has 0 saturated carbocycles. The van der Waals surface area contributed by atoms with Gasteiger partial charge in [0.1, 0.15) is 0 Å². The molecule has 0 saturated heterocycles. The predicted octanol–water partition coefficient (Wildman–Crippen LogP) is 3.33. The Labute approximate surface area is 116 Å². The van der Waals surface area contributed by atoms with Gasteiger partial charge < -0.3 is 5.73 Å². The first-order valence-corrected chi connectivity index (χ1v) is 6.35. The second-order valence-electron chi connectivity index (χ2n) is 4.27. The summed E-state index contributed by atoms with van der Waals surface area (Å²) < 4.78 is 0. The van der Waals surface area contributed by atoms with Crippen molar-refractivity contribution in [1.82, 2.24) is 9.97 Å². The van der Waals surface area contributed by atoms with Crippen molar-refractivity contribution in [3.63, 3.8) is 0 Å². The van der Waals surface area contributed by atoms with E-state index >= 15 is 0 Å². The molecular weight excluding hydrogens is 258 g/mol. The number of hydrogen-bond donors (Lipinski definition) is 1. The first-order chi connectivity index (χ1) is 9.27. The average molecular weight is 270 g/mol. The molecule has 0 aliphatic heterocycles. The van der Waals surface area contributed by atoms with Gasteiger partial charge in [0.05, 0.1) is 22.3 Å². The Balaban J connectivity index is 2.17. The summed E-state index contributed by atoms with van der Waals surface area (Å²) in [5.74, 6) is 0. The highest BCUT2D eigenvalue weighted by molar-refractivity contribution is 6.31. The lowest BCUT2D eigenvalue weighted by Crippen LogP contribution is -2.14. The monoisotopic (exact) mass is 269 g/mol. The normalized spacial score (nSPS) is 12.5. The van der Waals surface area contributed by atoms with Crippen LogP contribution in [0.4, 0.5) is 0 Å². The lowest BCUT2D eigenvalue weighted by atomic mass is 10.0. The highest BCUT2D eigenvalue weighted by atomic mass is 35.5. The smallest absolute Gasteiger partial charge is 0.0803 e. The van der Waals surface area contributed by atoms with E-state index in [1.54, 1.807) is 24.5 Å². The summed E-state index contributed by atoms with van der Waals surface area (Å²) in [6.45, 7) is 0. The maximum Gasteiger partial charge on any atom is 0.0803 e. The first kappa shape index (κ1) is 12.1. The molecule has 3 aromatic rings. The first-order valence-electron chi connectivity index (χ1n) is 5.97. The van der Waals surface area contributed by atoms with Gasteiger partial charge >= 0.3 is 0 Å². The number of benzene rings is 1. The lowest BCUT2D eigenvalue weighted by molar-refractivity contribution is 0.834. The predicted molar refractivity (Wildman–Crippen MR) is 77.0 cm³/mol. The Morgan fingerprint density at radius 2 is 1.68 bits per heavy atom. The standard InChI is InChI=1S/C15H12ClN3/c16-12-7-3-9-19-15(12)13(17)11-6-1-4-10-5-2-8-18-14(10)11/h1-9,13H,17H2. The van der Waals surface area contributed by atoms with Crippen molar-refractivity contribution in [3.05, 3.63) is 71.1 Å². The molecular formula is C15H12ClN3. The molecule has 0 aliphatic carbocycles. The van der Waals surface area contributed by atoms with Gasteiger partial charge in [-0.1, -0.05) is 35.9 Å². The zero-order valence-electron chi connectivity index (χ0n) is 10.1. The van der Waals surface area contributed by atoms with Crippen LogP contribution in [0.25, 0.3) is 10.9 Å². The topological polar surface area (TPSA) is 51.8 Å². The Morgan fingerprint density at radius 3 is 2.53 bits per heavy atom. The molecule has 0 spiro atoms. The molecule has 4 heteroatoms. The molecule has 0 amide bonds. The van der Waals surface area contributed by atoms with Crippen LogP contribution in [0.1, 0.15) is 17.3 Å². The van der Waals surface area contributed by atoms with E-state index in [1.165, 1.54) is 0 Å². The van der Waals surface area contributed by atoms with Crippen molar-refractivity contribution >= 4 is 22.5 Å². The molecule has 2 aromatic heterocycles. The zero-order chi connectivity index (χ0) is 13.2.